The number of allylic oxidation sites excluding steroid dienone is 4. The van der Waals surface area contributed by atoms with E-state index >= 15 is 0 Å². The molecular formula is C10H13N3S. The average Bonchev–Trinajstić information content (AvgIpc) is 2.58. The maximum absolute atomic E-state index is 3.94. The van der Waals surface area contributed by atoms with Gasteiger partial charge in [0, 0.05) is 6.54 Å². The summed E-state index contributed by atoms with van der Waals surface area (Å²) in [7, 11) is 0. The Balaban J connectivity index is 2.24. The molecule has 0 aliphatic rings. The van der Waals surface area contributed by atoms with Gasteiger partial charge in [-0.2, -0.15) is 0 Å². The third kappa shape index (κ3) is 4.00. The van der Waals surface area contributed by atoms with Crippen molar-refractivity contribution < 1.29 is 0 Å². The zero-order valence-corrected chi connectivity index (χ0v) is 8.92. The van der Waals surface area contributed by atoms with Gasteiger partial charge in [0.05, 0.1) is 0 Å². The standard InChI is InChI=1S/C10H13N3S/c1-3-4-5-6-7-8-11-10-13-12-9(2)14-10/h3-7H,1,8H2,2H3,(H,11,13)/b5-4-,7-6+. The van der Waals surface area contributed by atoms with E-state index < -0.39 is 0 Å². The van der Waals surface area contributed by atoms with E-state index in [0.717, 1.165) is 16.7 Å². The molecule has 0 aliphatic carbocycles. The highest BCUT2D eigenvalue weighted by Crippen LogP contribution is 2.12. The van der Waals surface area contributed by atoms with Crippen LogP contribution in [0.2, 0.25) is 0 Å². The van der Waals surface area contributed by atoms with Crippen molar-refractivity contribution in [3.05, 3.63) is 42.0 Å². The normalized spacial score (nSPS) is 11.2. The molecule has 0 unspecified atom stereocenters. The highest BCUT2D eigenvalue weighted by molar-refractivity contribution is 7.15. The smallest absolute Gasteiger partial charge is 0.205 e. The van der Waals surface area contributed by atoms with Crippen LogP contribution in [0.1, 0.15) is 5.01 Å². The lowest BCUT2D eigenvalue weighted by molar-refractivity contribution is 1.04. The molecule has 1 rings (SSSR count). The molecule has 1 heterocycles. The van der Waals surface area contributed by atoms with Crippen LogP contribution in [-0.4, -0.2) is 16.7 Å². The summed E-state index contributed by atoms with van der Waals surface area (Å²) in [5.74, 6) is 0. The van der Waals surface area contributed by atoms with Crippen molar-refractivity contribution in [3.8, 4) is 0 Å². The Morgan fingerprint density at radius 2 is 2.21 bits per heavy atom. The molecule has 0 atom stereocenters. The van der Waals surface area contributed by atoms with Gasteiger partial charge < -0.3 is 5.32 Å². The van der Waals surface area contributed by atoms with Crippen LogP contribution in [0.15, 0.2) is 37.0 Å². The Labute approximate surface area is 87.9 Å². The second-order valence-corrected chi connectivity index (χ2v) is 3.74. The molecule has 0 saturated heterocycles. The van der Waals surface area contributed by atoms with Crippen molar-refractivity contribution in [3.63, 3.8) is 0 Å². The summed E-state index contributed by atoms with van der Waals surface area (Å²) < 4.78 is 0. The second-order valence-electron chi connectivity index (χ2n) is 2.56. The van der Waals surface area contributed by atoms with Gasteiger partial charge >= 0.3 is 0 Å². The molecule has 4 heteroatoms. The monoisotopic (exact) mass is 207 g/mol. The molecule has 3 nitrogen and oxygen atoms in total. The number of hydrogen-bond acceptors (Lipinski definition) is 4. The summed E-state index contributed by atoms with van der Waals surface area (Å²) in [4.78, 5) is 0. The topological polar surface area (TPSA) is 37.8 Å². The van der Waals surface area contributed by atoms with Gasteiger partial charge in [0.15, 0.2) is 0 Å². The van der Waals surface area contributed by atoms with Crippen LogP contribution in [0, 0.1) is 6.92 Å². The first-order valence-electron chi connectivity index (χ1n) is 4.31. The van der Waals surface area contributed by atoms with Gasteiger partial charge in [-0.1, -0.05) is 48.3 Å². The number of nitrogens with one attached hydrogen (secondary N) is 1. The van der Waals surface area contributed by atoms with Crippen molar-refractivity contribution in [2.24, 2.45) is 0 Å². The largest absolute Gasteiger partial charge is 0.357 e. The number of anilines is 1. The molecule has 0 bridgehead atoms. The Kier molecular flexibility index (Phi) is 4.64. The first kappa shape index (κ1) is 10.7. The molecule has 0 saturated carbocycles. The first-order chi connectivity index (χ1) is 6.83. The van der Waals surface area contributed by atoms with Crippen molar-refractivity contribution in [1.29, 1.82) is 0 Å². The minimum atomic E-state index is 0.760. The van der Waals surface area contributed by atoms with Crippen LogP contribution < -0.4 is 5.32 Å². The lowest BCUT2D eigenvalue weighted by atomic mass is 10.4. The van der Waals surface area contributed by atoms with Crippen LogP contribution in [0.5, 0.6) is 0 Å². The number of rotatable bonds is 5. The Morgan fingerprint density at radius 1 is 1.36 bits per heavy atom. The van der Waals surface area contributed by atoms with Crippen molar-refractivity contribution >= 4 is 16.5 Å². The van der Waals surface area contributed by atoms with E-state index in [1.165, 1.54) is 0 Å². The van der Waals surface area contributed by atoms with Gasteiger partial charge in [-0.3, -0.25) is 0 Å². The summed E-state index contributed by atoms with van der Waals surface area (Å²) in [6.45, 7) is 6.27. The van der Waals surface area contributed by atoms with E-state index in [0.29, 0.717) is 0 Å². The fourth-order valence-electron chi connectivity index (χ4n) is 0.804. The maximum Gasteiger partial charge on any atom is 0.205 e. The third-order valence-electron chi connectivity index (χ3n) is 1.39. The number of hydrogen-bond donors (Lipinski definition) is 1. The van der Waals surface area contributed by atoms with E-state index in [-0.39, 0.29) is 0 Å². The predicted octanol–water partition coefficient (Wildman–Crippen LogP) is 2.56. The molecular weight excluding hydrogens is 194 g/mol. The van der Waals surface area contributed by atoms with Crippen LogP contribution in [0.4, 0.5) is 5.13 Å². The fraction of sp³-hybridized carbons (Fsp3) is 0.200. The fourth-order valence-corrected chi connectivity index (χ4v) is 1.40. The van der Waals surface area contributed by atoms with Crippen LogP contribution in [0.25, 0.3) is 0 Å². The summed E-state index contributed by atoms with van der Waals surface area (Å²) in [5, 5.41) is 12.8. The molecule has 0 fully saturated rings. The Hall–Kier alpha value is -1.42. The Bertz CT molecular complexity index is 339. The minimum absolute atomic E-state index is 0.760. The van der Waals surface area contributed by atoms with Gasteiger partial charge in [0.1, 0.15) is 5.01 Å². The second kappa shape index (κ2) is 6.10. The molecule has 1 N–H and O–H groups in total. The number of aryl methyl sites for hydroxylation is 1. The molecule has 1 aromatic heterocycles. The number of nitrogens with zero attached hydrogens (tertiary/aromatic N) is 2. The van der Waals surface area contributed by atoms with Gasteiger partial charge in [0.2, 0.25) is 5.13 Å². The van der Waals surface area contributed by atoms with E-state index in [1.54, 1.807) is 17.4 Å². The van der Waals surface area contributed by atoms with E-state index in [4.69, 9.17) is 0 Å². The van der Waals surface area contributed by atoms with Crippen LogP contribution >= 0.6 is 11.3 Å². The zero-order valence-electron chi connectivity index (χ0n) is 8.10. The molecule has 0 spiro atoms. The highest BCUT2D eigenvalue weighted by atomic mass is 32.1. The number of aromatic nitrogens is 2. The van der Waals surface area contributed by atoms with Crippen molar-refractivity contribution in [2.75, 3.05) is 11.9 Å². The summed E-state index contributed by atoms with van der Waals surface area (Å²) in [6, 6.07) is 0. The van der Waals surface area contributed by atoms with Gasteiger partial charge in [-0.15, -0.1) is 10.2 Å². The zero-order chi connectivity index (χ0) is 10.2. The lowest BCUT2D eigenvalue weighted by Crippen LogP contribution is -1.96. The SMILES string of the molecule is C=C/C=C\C=C\CNc1nnc(C)s1. The first-order valence-corrected chi connectivity index (χ1v) is 5.13. The predicted molar refractivity (Wildman–Crippen MR) is 61.6 cm³/mol. The summed E-state index contributed by atoms with van der Waals surface area (Å²) >= 11 is 1.55. The quantitative estimate of drug-likeness (QED) is 0.754. The van der Waals surface area contributed by atoms with E-state index in [9.17, 15) is 0 Å². The molecule has 74 valence electrons. The van der Waals surface area contributed by atoms with Crippen LogP contribution in [0.3, 0.4) is 0 Å². The average molecular weight is 207 g/mol. The lowest BCUT2D eigenvalue weighted by Gasteiger charge is -1.93. The van der Waals surface area contributed by atoms with Gasteiger partial charge in [-0.05, 0) is 6.92 Å². The maximum atomic E-state index is 3.94. The minimum Gasteiger partial charge on any atom is -0.357 e. The van der Waals surface area contributed by atoms with Gasteiger partial charge in [-0.25, -0.2) is 0 Å². The molecule has 0 radical (unpaired) electrons. The van der Waals surface area contributed by atoms with Crippen LogP contribution in [-0.2, 0) is 0 Å². The highest BCUT2D eigenvalue weighted by Gasteiger charge is 1.95. The summed E-state index contributed by atoms with van der Waals surface area (Å²) in [5.41, 5.74) is 0. The summed E-state index contributed by atoms with van der Waals surface area (Å²) in [6.07, 6.45) is 9.52. The molecule has 1 aromatic rings. The van der Waals surface area contributed by atoms with Crippen molar-refractivity contribution in [1.82, 2.24) is 10.2 Å². The Morgan fingerprint density at radius 3 is 2.86 bits per heavy atom. The van der Waals surface area contributed by atoms with E-state index in [1.807, 2.05) is 31.2 Å². The molecule has 0 amide bonds. The third-order valence-corrected chi connectivity index (χ3v) is 2.19. The van der Waals surface area contributed by atoms with Crippen molar-refractivity contribution in [2.45, 2.75) is 6.92 Å². The molecule has 0 aromatic carbocycles. The van der Waals surface area contributed by atoms with E-state index in [2.05, 4.69) is 22.1 Å². The van der Waals surface area contributed by atoms with Gasteiger partial charge in [0.25, 0.3) is 0 Å². The molecule has 14 heavy (non-hydrogen) atoms. The molecule has 0 aliphatic heterocycles.